The molecule has 2 aromatic rings. The zero-order valence-electron chi connectivity index (χ0n) is 20.4. The highest BCUT2D eigenvalue weighted by Gasteiger charge is 2.76. The minimum Gasteiger partial charge on any atom is -0.508 e. The zero-order chi connectivity index (χ0) is 26.4. The van der Waals surface area contributed by atoms with Crippen LogP contribution in [0.15, 0.2) is 48.0 Å². The molecule has 0 aromatic heterocycles. The third kappa shape index (κ3) is 2.90. The smallest absolute Gasteiger partial charge is 0.253 e. The normalized spacial score (nSPS) is 35.1. The van der Waals surface area contributed by atoms with E-state index < -0.39 is 45.2 Å². The number of nitrogens with zero attached hydrogens (tertiary/aromatic N) is 2. The maximum Gasteiger partial charge on any atom is 0.253 e. The fourth-order valence-electron chi connectivity index (χ4n) is 7.16. The fraction of sp³-hybridized carbons (Fsp3) is 0.429. The Bertz CT molecular complexity index is 1440. The van der Waals surface area contributed by atoms with Gasteiger partial charge in [0.05, 0.1) is 11.8 Å². The maximum absolute atomic E-state index is 13.7. The Morgan fingerprint density at radius 1 is 1.00 bits per heavy atom. The van der Waals surface area contributed by atoms with Crippen LogP contribution in [0.2, 0.25) is 0 Å². The van der Waals surface area contributed by atoms with Crippen molar-refractivity contribution in [2.24, 2.45) is 17.8 Å². The Balaban J connectivity index is 1.63. The van der Waals surface area contributed by atoms with Crippen LogP contribution in [-0.4, -0.2) is 61.9 Å². The van der Waals surface area contributed by atoms with Crippen LogP contribution in [-0.2, 0) is 19.2 Å². The van der Waals surface area contributed by atoms with E-state index in [1.54, 1.807) is 12.1 Å². The van der Waals surface area contributed by atoms with Gasteiger partial charge in [0.1, 0.15) is 5.75 Å². The van der Waals surface area contributed by atoms with Crippen LogP contribution in [0.25, 0.3) is 10.8 Å². The Morgan fingerprint density at radius 3 is 2.46 bits per heavy atom. The Morgan fingerprint density at radius 2 is 1.73 bits per heavy atom. The number of amides is 4. The van der Waals surface area contributed by atoms with Crippen molar-refractivity contribution in [2.45, 2.75) is 41.9 Å². The first-order valence-corrected chi connectivity index (χ1v) is 13.3. The van der Waals surface area contributed by atoms with Crippen LogP contribution in [0.1, 0.15) is 37.7 Å². The van der Waals surface area contributed by atoms with E-state index in [2.05, 4.69) is 0 Å². The first-order valence-electron chi connectivity index (χ1n) is 12.5. The van der Waals surface area contributed by atoms with E-state index in [9.17, 15) is 24.3 Å². The number of likely N-dealkylation sites (tertiary alicyclic amines) is 2. The molecule has 1 saturated carbocycles. The molecule has 37 heavy (non-hydrogen) atoms. The predicted octanol–water partition coefficient (Wildman–Crippen LogP) is 3.94. The van der Waals surface area contributed by atoms with Crippen molar-refractivity contribution in [3.05, 3.63) is 53.6 Å². The monoisotopic (exact) mass is 540 g/mol. The van der Waals surface area contributed by atoms with Crippen molar-refractivity contribution >= 4 is 57.6 Å². The number of hydrogen-bond acceptors (Lipinski definition) is 5. The first kappa shape index (κ1) is 24.4. The molecular weight excluding hydrogens is 515 g/mol. The van der Waals surface area contributed by atoms with E-state index in [4.69, 9.17) is 23.2 Å². The Hall–Kier alpha value is -2.90. The summed E-state index contributed by atoms with van der Waals surface area (Å²) < 4.78 is 0. The molecule has 6 rings (SSSR count). The van der Waals surface area contributed by atoms with Crippen LogP contribution < -0.4 is 0 Å². The molecule has 2 aliphatic heterocycles. The number of carbonyl (C=O) groups is 4. The molecule has 0 spiro atoms. The van der Waals surface area contributed by atoms with Gasteiger partial charge in [-0.05, 0) is 42.0 Å². The molecule has 2 saturated heterocycles. The average Bonchev–Trinajstić information content (AvgIpc) is 3.20. The number of benzene rings is 2. The molecule has 4 amide bonds. The van der Waals surface area contributed by atoms with Crippen molar-refractivity contribution in [3.8, 4) is 5.75 Å². The SMILES string of the molecule is CCCN1C(=O)[C@H]2[C@H](CC=C3[C@H]2C[C@@]2(Cl)C(=O)N(C)C(=O)[C@@]2(Cl)[C@H]3c2c(O)ccc3ccccc23)C1=O. The van der Waals surface area contributed by atoms with Gasteiger partial charge in [-0.1, -0.05) is 48.9 Å². The number of aromatic hydroxyl groups is 1. The standard InChI is InChI=1S/C28H26Cl2N2O5/c1-3-12-32-23(34)17-10-9-16-18(20(17)24(32)35)13-27(29)25(36)31(2)26(37)28(27,30)22(16)21-15-7-5-4-6-14(15)8-11-19(21)33/h4-9,11,17-18,20,22,33H,3,10,12-13H2,1-2H3/t17-,18+,20-,22+,27+,28-/m0/s1. The summed E-state index contributed by atoms with van der Waals surface area (Å²) in [6, 6.07) is 10.7. The van der Waals surface area contributed by atoms with E-state index in [-0.39, 0.29) is 24.0 Å². The van der Waals surface area contributed by atoms with Gasteiger partial charge in [-0.25, -0.2) is 0 Å². The summed E-state index contributed by atoms with van der Waals surface area (Å²) in [5, 5.41) is 12.7. The van der Waals surface area contributed by atoms with Crippen LogP contribution in [0.4, 0.5) is 0 Å². The fourth-order valence-corrected chi connectivity index (χ4v) is 8.16. The summed E-state index contributed by atoms with van der Waals surface area (Å²) in [5.41, 5.74) is 1.07. The third-order valence-corrected chi connectivity index (χ3v) is 10.2. The van der Waals surface area contributed by atoms with E-state index in [0.717, 1.165) is 10.3 Å². The second-order valence-corrected chi connectivity index (χ2v) is 11.8. The molecule has 6 atom stereocenters. The highest BCUT2D eigenvalue weighted by molar-refractivity contribution is 6.53. The largest absolute Gasteiger partial charge is 0.508 e. The molecule has 2 heterocycles. The molecule has 2 aliphatic carbocycles. The Labute approximate surface area is 224 Å². The minimum atomic E-state index is -1.92. The molecule has 0 bridgehead atoms. The lowest BCUT2D eigenvalue weighted by Gasteiger charge is -2.51. The van der Waals surface area contributed by atoms with Gasteiger partial charge in [0, 0.05) is 25.1 Å². The molecule has 9 heteroatoms. The first-order chi connectivity index (χ1) is 17.6. The molecule has 7 nitrogen and oxygen atoms in total. The van der Waals surface area contributed by atoms with Gasteiger partial charge in [-0.15, -0.1) is 23.2 Å². The summed E-state index contributed by atoms with van der Waals surface area (Å²) in [5.74, 6) is -4.68. The van der Waals surface area contributed by atoms with Crippen LogP contribution in [0, 0.1) is 17.8 Å². The number of carbonyl (C=O) groups excluding carboxylic acids is 4. The van der Waals surface area contributed by atoms with Gasteiger partial charge >= 0.3 is 0 Å². The van der Waals surface area contributed by atoms with Gasteiger partial charge in [0.25, 0.3) is 11.8 Å². The molecule has 4 aliphatic rings. The third-order valence-electron chi connectivity index (χ3n) is 8.79. The van der Waals surface area contributed by atoms with Crippen LogP contribution >= 0.6 is 23.2 Å². The zero-order valence-corrected chi connectivity index (χ0v) is 21.9. The summed E-state index contributed by atoms with van der Waals surface area (Å²) in [6.07, 6.45) is 2.77. The number of phenolic OH excluding ortho intramolecular Hbond substituents is 1. The molecule has 0 unspecified atom stereocenters. The number of fused-ring (bicyclic) bond motifs is 5. The van der Waals surface area contributed by atoms with Crippen LogP contribution in [0.5, 0.6) is 5.75 Å². The van der Waals surface area contributed by atoms with E-state index in [0.29, 0.717) is 35.9 Å². The summed E-state index contributed by atoms with van der Waals surface area (Å²) in [6.45, 7) is 2.23. The Kier molecular flexibility index (Phi) is 5.32. The van der Waals surface area contributed by atoms with Gasteiger partial charge in [0.2, 0.25) is 11.8 Å². The lowest BCUT2D eigenvalue weighted by Crippen LogP contribution is -2.60. The number of phenols is 1. The van der Waals surface area contributed by atoms with E-state index >= 15 is 0 Å². The number of imide groups is 2. The number of halogens is 2. The van der Waals surface area contributed by atoms with Gasteiger partial charge in [0.15, 0.2) is 9.75 Å². The van der Waals surface area contributed by atoms with E-state index in [1.807, 2.05) is 37.3 Å². The predicted molar refractivity (Wildman–Crippen MR) is 138 cm³/mol. The van der Waals surface area contributed by atoms with Crippen molar-refractivity contribution in [3.63, 3.8) is 0 Å². The maximum atomic E-state index is 13.7. The topological polar surface area (TPSA) is 95.0 Å². The quantitative estimate of drug-likeness (QED) is 0.361. The highest BCUT2D eigenvalue weighted by Crippen LogP contribution is 2.66. The number of alkyl halides is 2. The average molecular weight is 541 g/mol. The molecule has 0 radical (unpaired) electrons. The number of rotatable bonds is 3. The van der Waals surface area contributed by atoms with Crippen molar-refractivity contribution in [1.82, 2.24) is 9.80 Å². The summed E-state index contributed by atoms with van der Waals surface area (Å²) >= 11 is 14.4. The molecule has 3 fully saturated rings. The lowest BCUT2D eigenvalue weighted by atomic mass is 9.56. The van der Waals surface area contributed by atoms with Crippen molar-refractivity contribution < 1.29 is 24.3 Å². The van der Waals surface area contributed by atoms with Crippen molar-refractivity contribution in [2.75, 3.05) is 13.6 Å². The van der Waals surface area contributed by atoms with Gasteiger partial charge in [-0.3, -0.25) is 29.0 Å². The number of hydrogen-bond donors (Lipinski definition) is 1. The van der Waals surface area contributed by atoms with Gasteiger partial charge in [-0.2, -0.15) is 0 Å². The highest BCUT2D eigenvalue weighted by atomic mass is 35.5. The second kappa shape index (κ2) is 8.05. The second-order valence-electron chi connectivity index (χ2n) is 10.5. The lowest BCUT2D eigenvalue weighted by molar-refractivity contribution is -0.141. The molecular formula is C28H26Cl2N2O5. The van der Waals surface area contributed by atoms with Crippen molar-refractivity contribution in [1.29, 1.82) is 0 Å². The molecule has 1 N–H and O–H groups in total. The summed E-state index contributed by atoms with van der Waals surface area (Å²) in [4.78, 5) is 52.5. The minimum absolute atomic E-state index is 0.0546. The van der Waals surface area contributed by atoms with Crippen LogP contribution in [0.3, 0.4) is 0 Å². The van der Waals surface area contributed by atoms with E-state index in [1.165, 1.54) is 11.9 Å². The molecule has 2 aromatic carbocycles. The number of allylic oxidation sites excluding steroid dienone is 2. The van der Waals surface area contributed by atoms with Gasteiger partial charge < -0.3 is 5.11 Å². The molecule has 192 valence electrons. The summed E-state index contributed by atoms with van der Waals surface area (Å²) in [7, 11) is 1.35.